The molecule has 4 aromatic rings. The first-order valence-corrected chi connectivity index (χ1v) is 12.2. The van der Waals surface area contributed by atoms with Gasteiger partial charge in [0.2, 0.25) is 0 Å². The molecule has 0 fully saturated rings. The third kappa shape index (κ3) is 7.44. The summed E-state index contributed by atoms with van der Waals surface area (Å²) in [6, 6.07) is 27.9. The topological polar surface area (TPSA) is 86.2 Å². The van der Waals surface area contributed by atoms with E-state index in [4.69, 9.17) is 25.8 Å². The van der Waals surface area contributed by atoms with Crippen molar-refractivity contribution in [3.63, 3.8) is 0 Å². The maximum atomic E-state index is 12.5. The predicted octanol–water partition coefficient (Wildman–Crippen LogP) is 6.30. The third-order valence-corrected chi connectivity index (χ3v) is 5.55. The number of nitrogens with zero attached hydrogens (tertiary/aromatic N) is 1. The van der Waals surface area contributed by atoms with Crippen molar-refractivity contribution in [2.24, 2.45) is 5.10 Å². The highest BCUT2D eigenvalue weighted by Crippen LogP contribution is 2.29. The summed E-state index contributed by atoms with van der Waals surface area (Å²) in [5.74, 6) is 0.462. The molecule has 0 atom stereocenters. The first-order valence-electron chi connectivity index (χ1n) is 11.9. The van der Waals surface area contributed by atoms with Crippen LogP contribution in [0.3, 0.4) is 0 Å². The van der Waals surface area contributed by atoms with Crippen molar-refractivity contribution >= 4 is 29.7 Å². The van der Waals surface area contributed by atoms with Gasteiger partial charge in [-0.2, -0.15) is 5.10 Å². The fraction of sp³-hybridized carbons (Fsp3) is 0.100. The van der Waals surface area contributed by atoms with E-state index in [9.17, 15) is 9.59 Å². The van der Waals surface area contributed by atoms with E-state index in [1.807, 2.05) is 25.1 Å². The van der Waals surface area contributed by atoms with Crippen LogP contribution in [0, 0.1) is 0 Å². The molecule has 38 heavy (non-hydrogen) atoms. The van der Waals surface area contributed by atoms with Gasteiger partial charge < -0.3 is 14.2 Å². The summed E-state index contributed by atoms with van der Waals surface area (Å²) < 4.78 is 16.9. The van der Waals surface area contributed by atoms with Gasteiger partial charge >= 0.3 is 5.97 Å². The van der Waals surface area contributed by atoms with E-state index in [0.717, 1.165) is 5.56 Å². The molecule has 0 saturated carbocycles. The minimum absolute atomic E-state index is 0.292. The van der Waals surface area contributed by atoms with E-state index in [1.54, 1.807) is 78.9 Å². The average molecular weight is 529 g/mol. The normalized spacial score (nSPS) is 10.7. The fourth-order valence-corrected chi connectivity index (χ4v) is 3.50. The summed E-state index contributed by atoms with van der Waals surface area (Å²) in [6.07, 6.45) is 1.48. The molecule has 0 aliphatic carbocycles. The Labute approximate surface area is 225 Å². The zero-order valence-electron chi connectivity index (χ0n) is 20.6. The van der Waals surface area contributed by atoms with Crippen molar-refractivity contribution in [1.29, 1.82) is 0 Å². The van der Waals surface area contributed by atoms with Gasteiger partial charge in [-0.05, 0) is 84.8 Å². The molecule has 0 unspecified atom stereocenters. The van der Waals surface area contributed by atoms with E-state index >= 15 is 0 Å². The number of nitrogens with one attached hydrogen (secondary N) is 1. The summed E-state index contributed by atoms with van der Waals surface area (Å²) in [5.41, 5.74) is 5.00. The molecule has 0 aliphatic rings. The van der Waals surface area contributed by atoms with Crippen LogP contribution in [0.1, 0.15) is 38.8 Å². The molecule has 8 heteroatoms. The number of amides is 1. The van der Waals surface area contributed by atoms with E-state index < -0.39 is 5.97 Å². The van der Waals surface area contributed by atoms with Crippen LogP contribution in [0.15, 0.2) is 102 Å². The SMILES string of the molecule is CCOc1cc(/C=N\NC(=O)c2ccc(OCc3ccc(Cl)cc3)cc2)ccc1OC(=O)c1ccccc1. The Morgan fingerprint density at radius 3 is 2.29 bits per heavy atom. The minimum atomic E-state index is -0.485. The monoisotopic (exact) mass is 528 g/mol. The van der Waals surface area contributed by atoms with Crippen LogP contribution in [0.25, 0.3) is 0 Å². The van der Waals surface area contributed by atoms with Gasteiger partial charge in [-0.1, -0.05) is 41.9 Å². The van der Waals surface area contributed by atoms with Gasteiger partial charge in [-0.15, -0.1) is 0 Å². The lowest BCUT2D eigenvalue weighted by atomic mass is 10.2. The summed E-state index contributed by atoms with van der Waals surface area (Å²) in [5, 5.41) is 4.70. The molecule has 4 aromatic carbocycles. The molecule has 0 heterocycles. The lowest BCUT2D eigenvalue weighted by Crippen LogP contribution is -2.17. The molecule has 4 rings (SSSR count). The molecule has 0 aliphatic heterocycles. The number of halogens is 1. The van der Waals surface area contributed by atoms with Crippen molar-refractivity contribution in [2.75, 3.05) is 6.61 Å². The molecule has 7 nitrogen and oxygen atoms in total. The van der Waals surface area contributed by atoms with Gasteiger partial charge in [-0.3, -0.25) is 4.79 Å². The van der Waals surface area contributed by atoms with Crippen molar-refractivity contribution in [2.45, 2.75) is 13.5 Å². The first-order chi connectivity index (χ1) is 18.5. The van der Waals surface area contributed by atoms with E-state index in [-0.39, 0.29) is 5.91 Å². The van der Waals surface area contributed by atoms with Crippen LogP contribution in [0.2, 0.25) is 5.02 Å². The van der Waals surface area contributed by atoms with Gasteiger partial charge in [0, 0.05) is 10.6 Å². The second kappa shape index (κ2) is 13.1. The number of benzene rings is 4. The fourth-order valence-electron chi connectivity index (χ4n) is 3.37. The number of hydrazone groups is 1. The average Bonchev–Trinajstić information content (AvgIpc) is 2.95. The Morgan fingerprint density at radius 1 is 0.842 bits per heavy atom. The van der Waals surface area contributed by atoms with Gasteiger partial charge in [-0.25, -0.2) is 10.2 Å². The van der Waals surface area contributed by atoms with Crippen LogP contribution >= 0.6 is 11.6 Å². The molecular weight excluding hydrogens is 504 g/mol. The highest BCUT2D eigenvalue weighted by molar-refractivity contribution is 6.30. The standard InChI is InChI=1S/C30H25ClN2O5/c1-2-36-28-18-22(10-17-27(28)38-30(35)24-6-4-3-5-7-24)19-32-33-29(34)23-11-15-26(16-12-23)37-20-21-8-13-25(31)14-9-21/h3-19H,2,20H2,1H3,(H,33,34)/b32-19-. The Bertz CT molecular complexity index is 1410. The number of ether oxygens (including phenoxy) is 3. The van der Waals surface area contributed by atoms with Crippen LogP contribution in [-0.2, 0) is 6.61 Å². The first kappa shape index (κ1) is 26.4. The molecule has 1 amide bonds. The summed E-state index contributed by atoms with van der Waals surface area (Å²) >= 11 is 5.90. The molecule has 192 valence electrons. The maximum Gasteiger partial charge on any atom is 0.343 e. The van der Waals surface area contributed by atoms with Gasteiger partial charge in [0.05, 0.1) is 18.4 Å². The van der Waals surface area contributed by atoms with Crippen molar-refractivity contribution in [3.05, 3.63) is 124 Å². The highest BCUT2D eigenvalue weighted by Gasteiger charge is 2.13. The number of hydrogen-bond donors (Lipinski definition) is 1. The van der Waals surface area contributed by atoms with Crippen LogP contribution < -0.4 is 19.6 Å². The zero-order chi connectivity index (χ0) is 26.7. The number of esters is 1. The number of hydrogen-bond acceptors (Lipinski definition) is 6. The maximum absolute atomic E-state index is 12.5. The van der Waals surface area contributed by atoms with Crippen molar-refractivity contribution in [1.82, 2.24) is 5.43 Å². The Hall–Kier alpha value is -4.62. The second-order valence-electron chi connectivity index (χ2n) is 8.03. The van der Waals surface area contributed by atoms with E-state index in [0.29, 0.717) is 52.2 Å². The molecule has 0 spiro atoms. The molecule has 0 saturated heterocycles. The van der Waals surface area contributed by atoms with Crippen LogP contribution in [0.4, 0.5) is 0 Å². The Morgan fingerprint density at radius 2 is 1.58 bits per heavy atom. The molecule has 1 N–H and O–H groups in total. The third-order valence-electron chi connectivity index (χ3n) is 5.29. The summed E-state index contributed by atoms with van der Waals surface area (Å²) in [6.45, 7) is 2.60. The quantitative estimate of drug-likeness (QED) is 0.113. The van der Waals surface area contributed by atoms with Gasteiger partial charge in [0.25, 0.3) is 5.91 Å². The summed E-state index contributed by atoms with van der Waals surface area (Å²) in [7, 11) is 0. The van der Waals surface area contributed by atoms with Crippen molar-refractivity contribution < 1.29 is 23.8 Å². The van der Waals surface area contributed by atoms with E-state index in [1.165, 1.54) is 6.21 Å². The summed E-state index contributed by atoms with van der Waals surface area (Å²) in [4.78, 5) is 24.9. The smallest absolute Gasteiger partial charge is 0.343 e. The minimum Gasteiger partial charge on any atom is -0.490 e. The Balaban J connectivity index is 1.33. The van der Waals surface area contributed by atoms with Crippen LogP contribution in [0.5, 0.6) is 17.2 Å². The van der Waals surface area contributed by atoms with Gasteiger partial charge in [0.15, 0.2) is 11.5 Å². The predicted molar refractivity (Wildman–Crippen MR) is 146 cm³/mol. The highest BCUT2D eigenvalue weighted by atomic mass is 35.5. The van der Waals surface area contributed by atoms with Gasteiger partial charge in [0.1, 0.15) is 12.4 Å². The van der Waals surface area contributed by atoms with Crippen molar-refractivity contribution in [3.8, 4) is 17.2 Å². The lowest BCUT2D eigenvalue weighted by molar-refractivity contribution is 0.0728. The largest absolute Gasteiger partial charge is 0.490 e. The van der Waals surface area contributed by atoms with E-state index in [2.05, 4.69) is 10.5 Å². The molecule has 0 radical (unpaired) electrons. The Kier molecular flexibility index (Phi) is 9.10. The lowest BCUT2D eigenvalue weighted by Gasteiger charge is -2.11. The zero-order valence-corrected chi connectivity index (χ0v) is 21.4. The molecule has 0 aromatic heterocycles. The second-order valence-corrected chi connectivity index (χ2v) is 8.47. The number of carbonyl (C=O) groups excluding carboxylic acids is 2. The van der Waals surface area contributed by atoms with Crippen LogP contribution in [-0.4, -0.2) is 24.7 Å². The number of rotatable bonds is 10. The molecule has 0 bridgehead atoms. The number of carbonyl (C=O) groups is 2. The molecular formula is C30H25ClN2O5.